The first-order valence-corrected chi connectivity index (χ1v) is 6.99. The van der Waals surface area contributed by atoms with Crippen LogP contribution in [0.1, 0.15) is 11.1 Å². The van der Waals surface area contributed by atoms with Gasteiger partial charge in [-0.2, -0.15) is 4.57 Å². The summed E-state index contributed by atoms with van der Waals surface area (Å²) in [6.07, 6.45) is 3.83. The molecule has 0 fully saturated rings. The number of rotatable bonds is 4. The summed E-state index contributed by atoms with van der Waals surface area (Å²) in [4.78, 5) is 14.1. The summed E-state index contributed by atoms with van der Waals surface area (Å²) >= 11 is 0. The largest absolute Gasteiger partial charge is 0.377 e. The molecule has 21 heavy (non-hydrogen) atoms. The van der Waals surface area contributed by atoms with Gasteiger partial charge in [-0.15, -0.1) is 0 Å². The number of aromatic nitrogens is 1. The second kappa shape index (κ2) is 6.39. The number of benzene rings is 1. The summed E-state index contributed by atoms with van der Waals surface area (Å²) in [6.45, 7) is 4.35. The minimum atomic E-state index is -0.0236. The van der Waals surface area contributed by atoms with E-state index in [0.29, 0.717) is 6.54 Å². The molecule has 4 nitrogen and oxygen atoms in total. The molecule has 1 aromatic carbocycles. The van der Waals surface area contributed by atoms with Gasteiger partial charge in [-0.1, -0.05) is 17.7 Å². The number of hydrogen-bond acceptors (Lipinski definition) is 2. The Kier molecular flexibility index (Phi) is 4.58. The molecule has 4 heteroatoms. The Labute approximate surface area is 126 Å². The van der Waals surface area contributed by atoms with Crippen molar-refractivity contribution in [2.45, 2.75) is 20.4 Å². The second-order valence-corrected chi connectivity index (χ2v) is 5.49. The van der Waals surface area contributed by atoms with Crippen molar-refractivity contribution >= 4 is 17.3 Å². The standard InChI is InChI=1S/C17H21N3O/c1-13-5-6-16(14(2)11-13)18-17(21)12-20-9-7-15(8-10-20)19(3)4/h5-11H,12H2,1-4H3/p+1. The van der Waals surface area contributed by atoms with Crippen LogP contribution in [-0.2, 0) is 11.3 Å². The van der Waals surface area contributed by atoms with Crippen molar-refractivity contribution in [2.24, 2.45) is 0 Å². The van der Waals surface area contributed by atoms with Gasteiger partial charge in [0.2, 0.25) is 6.54 Å². The van der Waals surface area contributed by atoms with Crippen molar-refractivity contribution in [3.05, 3.63) is 53.9 Å². The Hall–Kier alpha value is -2.36. The summed E-state index contributed by atoms with van der Waals surface area (Å²) in [5.74, 6) is -0.0236. The van der Waals surface area contributed by atoms with Crippen LogP contribution in [-0.4, -0.2) is 20.0 Å². The first kappa shape index (κ1) is 15.0. The molecule has 0 aliphatic rings. The van der Waals surface area contributed by atoms with E-state index in [0.717, 1.165) is 16.9 Å². The maximum Gasteiger partial charge on any atom is 0.290 e. The molecule has 0 atom stereocenters. The lowest BCUT2D eigenvalue weighted by Gasteiger charge is -2.10. The predicted molar refractivity (Wildman–Crippen MR) is 85.5 cm³/mol. The minimum Gasteiger partial charge on any atom is -0.377 e. The smallest absolute Gasteiger partial charge is 0.290 e. The van der Waals surface area contributed by atoms with E-state index in [2.05, 4.69) is 11.4 Å². The van der Waals surface area contributed by atoms with E-state index in [1.54, 1.807) is 0 Å². The molecule has 0 unspecified atom stereocenters. The first-order valence-electron chi connectivity index (χ1n) is 6.99. The fraction of sp³-hybridized carbons (Fsp3) is 0.294. The first-order chi connectivity index (χ1) is 9.95. The lowest BCUT2D eigenvalue weighted by atomic mass is 10.1. The zero-order chi connectivity index (χ0) is 15.4. The van der Waals surface area contributed by atoms with Gasteiger partial charge in [0, 0.05) is 37.6 Å². The lowest BCUT2D eigenvalue weighted by Crippen LogP contribution is -2.39. The van der Waals surface area contributed by atoms with Gasteiger partial charge in [-0.05, 0) is 25.5 Å². The van der Waals surface area contributed by atoms with Gasteiger partial charge in [0.1, 0.15) is 0 Å². The zero-order valence-corrected chi connectivity index (χ0v) is 13.1. The van der Waals surface area contributed by atoms with Gasteiger partial charge in [-0.3, -0.25) is 4.79 Å². The summed E-state index contributed by atoms with van der Waals surface area (Å²) in [7, 11) is 3.99. The Morgan fingerprint density at radius 3 is 2.38 bits per heavy atom. The number of nitrogens with zero attached hydrogens (tertiary/aromatic N) is 2. The molecule has 1 N–H and O–H groups in total. The van der Waals surface area contributed by atoms with Crippen molar-refractivity contribution in [3.63, 3.8) is 0 Å². The number of hydrogen-bond donors (Lipinski definition) is 1. The van der Waals surface area contributed by atoms with Gasteiger partial charge >= 0.3 is 0 Å². The Morgan fingerprint density at radius 1 is 1.14 bits per heavy atom. The van der Waals surface area contributed by atoms with Crippen LogP contribution in [0.25, 0.3) is 0 Å². The average Bonchev–Trinajstić information content (AvgIpc) is 2.42. The molecule has 2 aromatic rings. The third-order valence-corrected chi connectivity index (χ3v) is 3.37. The highest BCUT2D eigenvalue weighted by atomic mass is 16.1. The van der Waals surface area contributed by atoms with Crippen LogP contribution in [0.15, 0.2) is 42.7 Å². The fourth-order valence-electron chi connectivity index (χ4n) is 2.16. The van der Waals surface area contributed by atoms with Gasteiger partial charge in [0.15, 0.2) is 12.4 Å². The number of amides is 1. The second-order valence-electron chi connectivity index (χ2n) is 5.49. The maximum absolute atomic E-state index is 12.1. The van der Waals surface area contributed by atoms with E-state index < -0.39 is 0 Å². The van der Waals surface area contributed by atoms with Crippen LogP contribution in [0.3, 0.4) is 0 Å². The van der Waals surface area contributed by atoms with Crippen LogP contribution in [0.5, 0.6) is 0 Å². The van der Waals surface area contributed by atoms with Crippen molar-refractivity contribution in [1.82, 2.24) is 0 Å². The van der Waals surface area contributed by atoms with Crippen LogP contribution < -0.4 is 14.8 Å². The molecule has 0 bridgehead atoms. The van der Waals surface area contributed by atoms with Crippen LogP contribution >= 0.6 is 0 Å². The number of carbonyl (C=O) groups is 1. The number of carbonyl (C=O) groups excluding carboxylic acids is 1. The Balaban J connectivity index is 2.01. The van der Waals surface area contributed by atoms with Crippen molar-refractivity contribution < 1.29 is 9.36 Å². The fourth-order valence-corrected chi connectivity index (χ4v) is 2.16. The molecule has 0 saturated carbocycles. The van der Waals surface area contributed by atoms with Crippen molar-refractivity contribution in [2.75, 3.05) is 24.3 Å². The molecule has 0 aliphatic carbocycles. The van der Waals surface area contributed by atoms with Crippen LogP contribution in [0, 0.1) is 13.8 Å². The number of anilines is 2. The Bertz CT molecular complexity index is 633. The monoisotopic (exact) mass is 284 g/mol. The minimum absolute atomic E-state index is 0.0236. The highest BCUT2D eigenvalue weighted by Crippen LogP contribution is 2.15. The van der Waals surface area contributed by atoms with E-state index in [-0.39, 0.29) is 5.91 Å². The number of nitrogens with one attached hydrogen (secondary N) is 1. The summed E-state index contributed by atoms with van der Waals surface area (Å²) in [6, 6.07) is 9.99. The molecular weight excluding hydrogens is 262 g/mol. The Morgan fingerprint density at radius 2 is 1.81 bits per heavy atom. The third kappa shape index (κ3) is 4.05. The molecule has 110 valence electrons. The molecule has 2 rings (SSSR count). The molecule has 1 amide bonds. The molecule has 0 radical (unpaired) electrons. The molecule has 1 heterocycles. The van der Waals surface area contributed by atoms with Gasteiger partial charge in [-0.25, -0.2) is 0 Å². The van der Waals surface area contributed by atoms with E-state index in [1.165, 1.54) is 5.56 Å². The highest BCUT2D eigenvalue weighted by Gasteiger charge is 2.11. The van der Waals surface area contributed by atoms with E-state index in [1.807, 2.05) is 74.1 Å². The van der Waals surface area contributed by atoms with Crippen molar-refractivity contribution in [3.8, 4) is 0 Å². The molecular formula is C17H22N3O+. The van der Waals surface area contributed by atoms with E-state index in [9.17, 15) is 4.79 Å². The quantitative estimate of drug-likeness (QED) is 0.875. The average molecular weight is 284 g/mol. The summed E-state index contributed by atoms with van der Waals surface area (Å²) < 4.78 is 1.87. The van der Waals surface area contributed by atoms with Gasteiger partial charge in [0.25, 0.3) is 5.91 Å². The van der Waals surface area contributed by atoms with Crippen LogP contribution in [0.2, 0.25) is 0 Å². The van der Waals surface area contributed by atoms with Crippen LogP contribution in [0.4, 0.5) is 11.4 Å². The molecule has 0 saturated heterocycles. The molecule has 0 spiro atoms. The topological polar surface area (TPSA) is 36.2 Å². The SMILES string of the molecule is Cc1ccc(NC(=O)C[n+]2ccc(N(C)C)cc2)c(C)c1. The summed E-state index contributed by atoms with van der Waals surface area (Å²) in [5, 5.41) is 2.95. The lowest BCUT2D eigenvalue weighted by molar-refractivity contribution is -0.684. The third-order valence-electron chi connectivity index (χ3n) is 3.37. The molecule has 1 aromatic heterocycles. The number of pyridine rings is 1. The highest BCUT2D eigenvalue weighted by molar-refractivity contribution is 5.90. The maximum atomic E-state index is 12.1. The molecule has 0 aliphatic heterocycles. The van der Waals surface area contributed by atoms with E-state index in [4.69, 9.17) is 0 Å². The number of aryl methyl sites for hydroxylation is 2. The van der Waals surface area contributed by atoms with E-state index >= 15 is 0 Å². The van der Waals surface area contributed by atoms with Crippen molar-refractivity contribution in [1.29, 1.82) is 0 Å². The normalized spacial score (nSPS) is 10.3. The summed E-state index contributed by atoms with van der Waals surface area (Å²) in [5.41, 5.74) is 4.26. The van der Waals surface area contributed by atoms with Gasteiger partial charge in [0.05, 0.1) is 0 Å². The zero-order valence-electron chi connectivity index (χ0n) is 13.1. The predicted octanol–water partition coefficient (Wildman–Crippen LogP) is 2.30. The van der Waals surface area contributed by atoms with Gasteiger partial charge < -0.3 is 10.2 Å².